The minimum atomic E-state index is 0.0840. The first-order chi connectivity index (χ1) is 15.1. The zero-order valence-corrected chi connectivity index (χ0v) is 20.6. The molecule has 176 valence electrons. The minimum Gasteiger partial charge on any atom is -0.339 e. The van der Waals surface area contributed by atoms with Crippen LogP contribution in [0.15, 0.2) is 24.8 Å². The van der Waals surface area contributed by atoms with Crippen molar-refractivity contribution in [3.8, 4) is 0 Å². The fourth-order valence-electron chi connectivity index (χ4n) is 6.76. The highest BCUT2D eigenvalue weighted by Crippen LogP contribution is 2.41. The number of nitrogens with zero attached hydrogens (tertiary/aromatic N) is 1. The number of allylic oxidation sites excluding steroid dienone is 2. The molecule has 0 unspecified atom stereocenters. The van der Waals surface area contributed by atoms with Crippen molar-refractivity contribution in [3.63, 3.8) is 0 Å². The Morgan fingerprint density at radius 2 is 1.32 bits per heavy atom. The molecular formula is C29H49NO. The molecular weight excluding hydrogens is 378 g/mol. The highest BCUT2D eigenvalue weighted by atomic mass is 16.2. The van der Waals surface area contributed by atoms with E-state index < -0.39 is 0 Å². The van der Waals surface area contributed by atoms with Crippen molar-refractivity contribution in [2.45, 2.75) is 116 Å². The molecule has 3 saturated carbocycles. The van der Waals surface area contributed by atoms with Crippen molar-refractivity contribution < 1.29 is 4.79 Å². The van der Waals surface area contributed by atoms with Crippen molar-refractivity contribution in [1.82, 2.24) is 4.90 Å². The lowest BCUT2D eigenvalue weighted by molar-refractivity contribution is -0.127. The van der Waals surface area contributed by atoms with E-state index in [1.807, 2.05) is 11.9 Å². The van der Waals surface area contributed by atoms with Gasteiger partial charge in [0, 0.05) is 13.1 Å². The van der Waals surface area contributed by atoms with Gasteiger partial charge in [-0.25, -0.2) is 0 Å². The number of hydrogen-bond donors (Lipinski definition) is 0. The average Bonchev–Trinajstić information content (AvgIpc) is 2.83. The molecule has 0 radical (unpaired) electrons. The Bertz CT molecular complexity index is 557. The molecule has 0 N–H and O–H groups in total. The zero-order valence-electron chi connectivity index (χ0n) is 20.6. The van der Waals surface area contributed by atoms with Crippen molar-refractivity contribution in [2.24, 2.45) is 29.6 Å². The van der Waals surface area contributed by atoms with Gasteiger partial charge in [-0.3, -0.25) is 4.79 Å². The smallest absolute Gasteiger partial charge is 0.245 e. The predicted octanol–water partition coefficient (Wildman–Crippen LogP) is 7.94. The molecule has 1 amide bonds. The second-order valence-corrected chi connectivity index (χ2v) is 11.1. The molecule has 3 aliphatic rings. The number of likely N-dealkylation sites (N-methyl/N-ethyl adjacent to an activating group) is 1. The van der Waals surface area contributed by atoms with Crippen LogP contribution in [-0.4, -0.2) is 23.9 Å². The fourth-order valence-corrected chi connectivity index (χ4v) is 6.76. The number of carbonyl (C=O) groups excluding carboxylic acids is 1. The molecule has 3 aliphatic carbocycles. The lowest BCUT2D eigenvalue weighted by Gasteiger charge is -2.39. The van der Waals surface area contributed by atoms with Gasteiger partial charge in [-0.2, -0.15) is 0 Å². The molecule has 0 heterocycles. The molecule has 3 rings (SSSR count). The SMILES string of the molecule is C=CC(=O)N(C)C1CCC(C2CCC(/C=C/C3CCC(CCCCC)CC3)CC2)CC1. The summed E-state index contributed by atoms with van der Waals surface area (Å²) < 4.78 is 0. The van der Waals surface area contributed by atoms with E-state index in [0.29, 0.717) is 6.04 Å². The Morgan fingerprint density at radius 3 is 1.84 bits per heavy atom. The normalized spacial score (nSPS) is 34.5. The summed E-state index contributed by atoms with van der Waals surface area (Å²) in [5, 5.41) is 0. The van der Waals surface area contributed by atoms with Gasteiger partial charge in [0.15, 0.2) is 0 Å². The Balaban J connectivity index is 1.31. The van der Waals surface area contributed by atoms with Gasteiger partial charge in [0.1, 0.15) is 0 Å². The van der Waals surface area contributed by atoms with Gasteiger partial charge in [-0.05, 0) is 113 Å². The van der Waals surface area contributed by atoms with Crippen LogP contribution >= 0.6 is 0 Å². The summed E-state index contributed by atoms with van der Waals surface area (Å²) in [6.07, 6.45) is 28.9. The Kier molecular flexibility index (Phi) is 10.2. The third-order valence-electron chi connectivity index (χ3n) is 9.06. The second-order valence-electron chi connectivity index (χ2n) is 11.1. The van der Waals surface area contributed by atoms with E-state index in [1.165, 1.54) is 109 Å². The molecule has 3 fully saturated rings. The van der Waals surface area contributed by atoms with Gasteiger partial charge in [-0.15, -0.1) is 0 Å². The van der Waals surface area contributed by atoms with Gasteiger partial charge < -0.3 is 4.90 Å². The maximum Gasteiger partial charge on any atom is 0.245 e. The van der Waals surface area contributed by atoms with E-state index in [4.69, 9.17) is 0 Å². The molecule has 0 aliphatic heterocycles. The Hall–Kier alpha value is -1.05. The highest BCUT2D eigenvalue weighted by Gasteiger charge is 2.32. The van der Waals surface area contributed by atoms with Gasteiger partial charge in [0.05, 0.1) is 0 Å². The minimum absolute atomic E-state index is 0.0840. The van der Waals surface area contributed by atoms with Crippen LogP contribution in [0, 0.1) is 29.6 Å². The maximum absolute atomic E-state index is 11.9. The molecule has 31 heavy (non-hydrogen) atoms. The van der Waals surface area contributed by atoms with Crippen LogP contribution in [0.4, 0.5) is 0 Å². The third kappa shape index (κ3) is 7.50. The molecule has 0 aromatic rings. The summed E-state index contributed by atoms with van der Waals surface area (Å²) in [5.74, 6) is 4.65. The molecule has 0 saturated heterocycles. The number of amides is 1. The van der Waals surface area contributed by atoms with Gasteiger partial charge in [-0.1, -0.05) is 51.3 Å². The van der Waals surface area contributed by atoms with Crippen molar-refractivity contribution in [1.29, 1.82) is 0 Å². The van der Waals surface area contributed by atoms with Gasteiger partial charge >= 0.3 is 0 Å². The number of carbonyl (C=O) groups is 1. The summed E-state index contributed by atoms with van der Waals surface area (Å²) in [6.45, 7) is 5.95. The van der Waals surface area contributed by atoms with Crippen LogP contribution in [0.5, 0.6) is 0 Å². The first-order valence-electron chi connectivity index (χ1n) is 13.7. The van der Waals surface area contributed by atoms with Crippen LogP contribution in [0.2, 0.25) is 0 Å². The summed E-state index contributed by atoms with van der Waals surface area (Å²) in [6, 6.07) is 0.433. The molecule has 0 aromatic carbocycles. The first kappa shape index (κ1) is 24.6. The van der Waals surface area contributed by atoms with E-state index in [-0.39, 0.29) is 5.91 Å². The average molecular weight is 428 g/mol. The quantitative estimate of drug-likeness (QED) is 0.208. The molecule has 0 spiro atoms. The lowest BCUT2D eigenvalue weighted by Crippen LogP contribution is -2.39. The van der Waals surface area contributed by atoms with Crippen LogP contribution in [0.25, 0.3) is 0 Å². The Labute approximate surface area is 192 Å². The number of rotatable bonds is 9. The summed E-state index contributed by atoms with van der Waals surface area (Å²) in [5.41, 5.74) is 0. The van der Waals surface area contributed by atoms with Crippen LogP contribution in [-0.2, 0) is 4.79 Å². The topological polar surface area (TPSA) is 20.3 Å². The molecule has 0 bridgehead atoms. The first-order valence-corrected chi connectivity index (χ1v) is 13.7. The van der Waals surface area contributed by atoms with Crippen molar-refractivity contribution in [3.05, 3.63) is 24.8 Å². The standard InChI is InChI=1S/C29H49NO/c1-4-6-7-8-23-9-11-24(12-10-23)13-14-25-15-17-26(18-16-25)27-19-21-28(22-20-27)30(3)29(31)5-2/h5,13-14,23-28H,2,4,6-12,15-22H2,1,3H3/b14-13+. The molecule has 2 heteroatoms. The Morgan fingerprint density at radius 1 is 0.806 bits per heavy atom. The summed E-state index contributed by atoms with van der Waals surface area (Å²) in [7, 11) is 1.95. The van der Waals surface area contributed by atoms with E-state index in [1.54, 1.807) is 0 Å². The number of unbranched alkanes of at least 4 members (excludes halogenated alkanes) is 2. The third-order valence-corrected chi connectivity index (χ3v) is 9.06. The number of hydrogen-bond acceptors (Lipinski definition) is 1. The van der Waals surface area contributed by atoms with E-state index in [2.05, 4.69) is 25.7 Å². The van der Waals surface area contributed by atoms with Gasteiger partial charge in [0.25, 0.3) is 0 Å². The van der Waals surface area contributed by atoms with Crippen LogP contribution < -0.4 is 0 Å². The van der Waals surface area contributed by atoms with Crippen molar-refractivity contribution in [2.75, 3.05) is 7.05 Å². The van der Waals surface area contributed by atoms with E-state index in [0.717, 1.165) is 29.6 Å². The maximum atomic E-state index is 11.9. The van der Waals surface area contributed by atoms with Crippen LogP contribution in [0.3, 0.4) is 0 Å². The van der Waals surface area contributed by atoms with Gasteiger partial charge in [0.2, 0.25) is 5.91 Å². The monoisotopic (exact) mass is 427 g/mol. The molecule has 0 aromatic heterocycles. The zero-order chi connectivity index (χ0) is 22.1. The summed E-state index contributed by atoms with van der Waals surface area (Å²) >= 11 is 0. The van der Waals surface area contributed by atoms with Crippen LogP contribution in [0.1, 0.15) is 110 Å². The van der Waals surface area contributed by atoms with Crippen molar-refractivity contribution >= 4 is 5.91 Å². The highest BCUT2D eigenvalue weighted by molar-refractivity contribution is 5.87. The fraction of sp³-hybridized carbons (Fsp3) is 0.828. The lowest BCUT2D eigenvalue weighted by atomic mass is 9.70. The molecule has 0 atom stereocenters. The second kappa shape index (κ2) is 12.9. The summed E-state index contributed by atoms with van der Waals surface area (Å²) in [4.78, 5) is 13.8. The molecule has 2 nitrogen and oxygen atoms in total. The largest absolute Gasteiger partial charge is 0.339 e. The van der Waals surface area contributed by atoms with E-state index in [9.17, 15) is 4.79 Å². The van der Waals surface area contributed by atoms with E-state index >= 15 is 0 Å². The predicted molar refractivity (Wildman–Crippen MR) is 133 cm³/mol.